The van der Waals surface area contributed by atoms with Crippen LogP contribution in [0.4, 0.5) is 5.13 Å². The molecule has 1 aliphatic heterocycles. The molecular weight excluding hydrogens is 426 g/mol. The van der Waals surface area contributed by atoms with Gasteiger partial charge in [0.15, 0.2) is 15.8 Å². The van der Waals surface area contributed by atoms with Crippen LogP contribution in [0, 0.1) is 0 Å². The Morgan fingerprint density at radius 1 is 1.17 bits per heavy atom. The molecule has 0 spiro atoms. The first kappa shape index (κ1) is 20.2. The Balaban J connectivity index is 1.30. The van der Waals surface area contributed by atoms with E-state index in [9.17, 15) is 9.59 Å². The van der Waals surface area contributed by atoms with Gasteiger partial charge in [-0.1, -0.05) is 47.4 Å². The molecule has 0 unspecified atom stereocenters. The van der Waals surface area contributed by atoms with Crippen molar-refractivity contribution in [2.24, 2.45) is 0 Å². The number of benzene rings is 2. The van der Waals surface area contributed by atoms with Crippen LogP contribution < -0.4 is 14.8 Å². The van der Waals surface area contributed by atoms with E-state index in [1.807, 2.05) is 24.3 Å². The molecule has 0 radical (unpaired) electrons. The van der Waals surface area contributed by atoms with Gasteiger partial charge in [0.1, 0.15) is 6.61 Å². The summed E-state index contributed by atoms with van der Waals surface area (Å²) in [6.45, 7) is 0.130. The summed E-state index contributed by atoms with van der Waals surface area (Å²) in [6, 6.07) is 14.4. The Morgan fingerprint density at radius 3 is 2.70 bits per heavy atom. The van der Waals surface area contributed by atoms with Gasteiger partial charge in [0.2, 0.25) is 11.2 Å². The minimum absolute atomic E-state index is 0.130. The van der Waals surface area contributed by atoms with Gasteiger partial charge in [0.05, 0.1) is 12.7 Å². The summed E-state index contributed by atoms with van der Waals surface area (Å²) in [5.41, 5.74) is 1.53. The number of amides is 1. The molecule has 3 aromatic rings. The average molecular weight is 444 g/mol. The predicted octanol–water partition coefficient (Wildman–Crippen LogP) is 3.40. The highest BCUT2D eigenvalue weighted by Crippen LogP contribution is 2.32. The van der Waals surface area contributed by atoms with E-state index in [1.54, 1.807) is 24.3 Å². The minimum Gasteiger partial charge on any atom is -0.485 e. The van der Waals surface area contributed by atoms with Gasteiger partial charge in [-0.25, -0.2) is 4.79 Å². The summed E-state index contributed by atoms with van der Waals surface area (Å²) in [5, 5.41) is 11.2. The molecule has 30 heavy (non-hydrogen) atoms. The number of nitrogens with zero attached hydrogens (tertiary/aromatic N) is 2. The van der Waals surface area contributed by atoms with Crippen molar-refractivity contribution in [3.05, 3.63) is 59.7 Å². The van der Waals surface area contributed by atoms with E-state index in [0.29, 0.717) is 32.3 Å². The van der Waals surface area contributed by atoms with Crippen molar-refractivity contribution >= 4 is 40.1 Å². The summed E-state index contributed by atoms with van der Waals surface area (Å²) in [5.74, 6) is 1.11. The Kier molecular flexibility index (Phi) is 6.15. The lowest BCUT2D eigenvalue weighted by Gasteiger charge is -2.25. The first-order valence-electron chi connectivity index (χ1n) is 8.95. The SMILES string of the molecule is COC(=O)c1ccc(CSc2nnc(NC(=O)[C@@H]3COc4ccccc4O3)s2)cc1. The highest BCUT2D eigenvalue weighted by Gasteiger charge is 2.28. The zero-order valence-corrected chi connectivity index (χ0v) is 17.5. The fourth-order valence-corrected chi connectivity index (χ4v) is 4.36. The molecule has 1 aliphatic rings. The fourth-order valence-electron chi connectivity index (χ4n) is 2.65. The lowest BCUT2D eigenvalue weighted by atomic mass is 10.1. The summed E-state index contributed by atoms with van der Waals surface area (Å²) < 4.78 is 16.7. The minimum atomic E-state index is -0.756. The number of esters is 1. The lowest BCUT2D eigenvalue weighted by Crippen LogP contribution is -2.40. The van der Waals surface area contributed by atoms with Gasteiger partial charge in [-0.2, -0.15) is 0 Å². The first-order chi connectivity index (χ1) is 14.6. The summed E-state index contributed by atoms with van der Waals surface area (Å²) in [7, 11) is 1.35. The topological polar surface area (TPSA) is 99.6 Å². The van der Waals surface area contributed by atoms with E-state index in [0.717, 1.165) is 5.56 Å². The second-order valence-electron chi connectivity index (χ2n) is 6.20. The number of nitrogens with one attached hydrogen (secondary N) is 1. The van der Waals surface area contributed by atoms with Crippen molar-refractivity contribution in [1.82, 2.24) is 10.2 Å². The molecule has 4 rings (SSSR count). The van der Waals surface area contributed by atoms with Gasteiger partial charge in [-0.15, -0.1) is 10.2 Å². The maximum Gasteiger partial charge on any atom is 0.337 e. The number of ether oxygens (including phenoxy) is 3. The molecule has 0 saturated carbocycles. The van der Waals surface area contributed by atoms with Crippen LogP contribution in [0.25, 0.3) is 0 Å². The van der Waals surface area contributed by atoms with E-state index in [2.05, 4.69) is 20.3 Å². The highest BCUT2D eigenvalue weighted by atomic mass is 32.2. The lowest BCUT2D eigenvalue weighted by molar-refractivity contribution is -0.125. The van der Waals surface area contributed by atoms with Gasteiger partial charge in [-0.05, 0) is 29.8 Å². The van der Waals surface area contributed by atoms with Crippen LogP contribution in [0.3, 0.4) is 0 Å². The predicted molar refractivity (Wildman–Crippen MR) is 112 cm³/mol. The fraction of sp³-hybridized carbons (Fsp3) is 0.200. The number of rotatable bonds is 6. The van der Waals surface area contributed by atoms with Crippen molar-refractivity contribution in [2.75, 3.05) is 19.0 Å². The second-order valence-corrected chi connectivity index (χ2v) is 8.40. The number of para-hydroxylation sites is 2. The third kappa shape index (κ3) is 4.71. The maximum absolute atomic E-state index is 12.5. The van der Waals surface area contributed by atoms with Crippen molar-refractivity contribution in [2.45, 2.75) is 16.2 Å². The van der Waals surface area contributed by atoms with Gasteiger partial charge in [0, 0.05) is 5.75 Å². The highest BCUT2D eigenvalue weighted by molar-refractivity contribution is 8.00. The van der Waals surface area contributed by atoms with E-state index in [1.165, 1.54) is 30.2 Å². The number of aromatic nitrogens is 2. The maximum atomic E-state index is 12.5. The average Bonchev–Trinajstić information content (AvgIpc) is 3.24. The zero-order chi connectivity index (χ0) is 20.9. The number of anilines is 1. The number of carbonyl (C=O) groups is 2. The monoisotopic (exact) mass is 443 g/mol. The van der Waals surface area contributed by atoms with E-state index in [4.69, 9.17) is 9.47 Å². The smallest absolute Gasteiger partial charge is 0.337 e. The van der Waals surface area contributed by atoms with Gasteiger partial charge in [-0.3, -0.25) is 10.1 Å². The summed E-state index contributed by atoms with van der Waals surface area (Å²) in [4.78, 5) is 23.9. The summed E-state index contributed by atoms with van der Waals surface area (Å²) >= 11 is 2.77. The molecule has 0 aliphatic carbocycles. The Bertz CT molecular complexity index is 1050. The van der Waals surface area contributed by atoms with Crippen LogP contribution in [0.2, 0.25) is 0 Å². The van der Waals surface area contributed by atoms with Crippen LogP contribution in [0.5, 0.6) is 11.5 Å². The van der Waals surface area contributed by atoms with Gasteiger partial charge < -0.3 is 14.2 Å². The van der Waals surface area contributed by atoms with Gasteiger partial charge >= 0.3 is 5.97 Å². The molecular formula is C20H17N3O5S2. The Hall–Kier alpha value is -3.11. The molecule has 1 N–H and O–H groups in total. The number of methoxy groups -OCH3 is 1. The number of hydrogen-bond acceptors (Lipinski definition) is 9. The summed E-state index contributed by atoms with van der Waals surface area (Å²) in [6.07, 6.45) is -0.756. The molecule has 8 nitrogen and oxygen atoms in total. The quantitative estimate of drug-likeness (QED) is 0.352. The standard InChI is InChI=1S/C20H17N3O5S2/c1-26-18(25)13-8-6-12(7-9-13)11-29-20-23-22-19(30-20)21-17(24)16-10-27-14-4-2-3-5-15(14)28-16/h2-9,16H,10-11H2,1H3,(H,21,22,24)/t16-/m0/s1. The molecule has 2 aromatic carbocycles. The normalized spacial score (nSPS) is 14.8. The molecule has 0 bridgehead atoms. The number of thioether (sulfide) groups is 1. The largest absolute Gasteiger partial charge is 0.485 e. The molecule has 0 saturated heterocycles. The van der Waals surface area contributed by atoms with Crippen LogP contribution in [-0.2, 0) is 15.3 Å². The van der Waals surface area contributed by atoms with Crippen LogP contribution in [0.15, 0.2) is 52.9 Å². The van der Waals surface area contributed by atoms with E-state index in [-0.39, 0.29) is 18.5 Å². The first-order valence-corrected chi connectivity index (χ1v) is 10.8. The second kappa shape index (κ2) is 9.14. The molecule has 1 amide bonds. The van der Waals surface area contributed by atoms with E-state index >= 15 is 0 Å². The van der Waals surface area contributed by atoms with E-state index < -0.39 is 6.10 Å². The molecule has 1 aromatic heterocycles. The molecule has 2 heterocycles. The van der Waals surface area contributed by atoms with Crippen molar-refractivity contribution in [1.29, 1.82) is 0 Å². The third-order valence-corrected chi connectivity index (χ3v) is 6.22. The van der Waals surface area contributed by atoms with Crippen molar-refractivity contribution in [3.8, 4) is 11.5 Å². The number of hydrogen-bond donors (Lipinski definition) is 1. The third-order valence-electron chi connectivity index (χ3n) is 4.17. The number of fused-ring (bicyclic) bond motifs is 1. The van der Waals surface area contributed by atoms with Crippen LogP contribution >= 0.6 is 23.1 Å². The van der Waals surface area contributed by atoms with Crippen molar-refractivity contribution in [3.63, 3.8) is 0 Å². The Labute approximate surface area is 180 Å². The molecule has 1 atom stereocenters. The van der Waals surface area contributed by atoms with Gasteiger partial charge in [0.25, 0.3) is 5.91 Å². The Morgan fingerprint density at radius 2 is 1.93 bits per heavy atom. The molecule has 154 valence electrons. The zero-order valence-electron chi connectivity index (χ0n) is 15.9. The van der Waals surface area contributed by atoms with Crippen molar-refractivity contribution < 1.29 is 23.8 Å². The molecule has 0 fully saturated rings. The van der Waals surface area contributed by atoms with Crippen LogP contribution in [0.1, 0.15) is 15.9 Å². The van der Waals surface area contributed by atoms with Crippen LogP contribution in [-0.4, -0.2) is 41.9 Å². The number of carbonyl (C=O) groups excluding carboxylic acids is 2. The molecule has 10 heteroatoms.